The van der Waals surface area contributed by atoms with Crippen molar-refractivity contribution in [3.63, 3.8) is 0 Å². The number of nitrogens with zero attached hydrogens (tertiary/aromatic N) is 1. The van der Waals surface area contributed by atoms with Gasteiger partial charge in [0, 0.05) is 19.8 Å². The minimum atomic E-state index is -0.258. The summed E-state index contributed by atoms with van der Waals surface area (Å²) in [7, 11) is 3.92. The van der Waals surface area contributed by atoms with Crippen molar-refractivity contribution in [3.8, 4) is 0 Å². The fourth-order valence-electron chi connectivity index (χ4n) is 1.64. The first kappa shape index (κ1) is 12.2. The van der Waals surface area contributed by atoms with E-state index in [-0.39, 0.29) is 24.1 Å². The number of rotatable bonds is 2. The van der Waals surface area contributed by atoms with Gasteiger partial charge in [-0.05, 0) is 23.8 Å². The predicted octanol–water partition coefficient (Wildman–Crippen LogP) is 0.339. The van der Waals surface area contributed by atoms with Crippen LogP contribution in [0.3, 0.4) is 0 Å². The van der Waals surface area contributed by atoms with Crippen molar-refractivity contribution in [2.24, 2.45) is 0 Å². The van der Waals surface area contributed by atoms with Crippen molar-refractivity contribution in [2.45, 2.75) is 0 Å². The van der Waals surface area contributed by atoms with Gasteiger partial charge in [0.2, 0.25) is 5.91 Å². The third-order valence-electron chi connectivity index (χ3n) is 2.65. The predicted molar refractivity (Wildman–Crippen MR) is 69.9 cm³/mol. The molecule has 0 spiro atoms. The smallest absolute Gasteiger partial charge is 0.268 e. The molecule has 2 rings (SSSR count). The molecule has 2 N–H and O–H groups in total. The summed E-state index contributed by atoms with van der Waals surface area (Å²) in [6.07, 6.45) is 1.66. The van der Waals surface area contributed by atoms with Crippen molar-refractivity contribution in [2.75, 3.05) is 25.5 Å². The third kappa shape index (κ3) is 2.68. The Bertz CT molecular complexity index is 503. The molecule has 1 aromatic carbocycles. The quantitative estimate of drug-likeness (QED) is 0.739. The van der Waals surface area contributed by atoms with Gasteiger partial charge in [-0.3, -0.25) is 9.59 Å². The van der Waals surface area contributed by atoms with Gasteiger partial charge in [-0.1, -0.05) is 12.1 Å². The summed E-state index contributed by atoms with van der Waals surface area (Å²) in [4.78, 5) is 24.7. The van der Waals surface area contributed by atoms with Gasteiger partial charge in [0.05, 0.1) is 6.54 Å². The Morgan fingerprint density at radius 3 is 2.44 bits per heavy atom. The van der Waals surface area contributed by atoms with E-state index in [1.54, 1.807) is 6.08 Å². The number of carbonyl (C=O) groups excluding carboxylic acids is 2. The molecule has 1 saturated heterocycles. The molecule has 1 heterocycles. The highest BCUT2D eigenvalue weighted by Gasteiger charge is 2.18. The van der Waals surface area contributed by atoms with E-state index in [2.05, 4.69) is 10.6 Å². The molecule has 1 aliphatic heterocycles. The molecule has 0 saturated carbocycles. The molecule has 0 bridgehead atoms. The molecule has 94 valence electrons. The monoisotopic (exact) mass is 245 g/mol. The lowest BCUT2D eigenvalue weighted by Gasteiger charge is -2.16. The van der Waals surface area contributed by atoms with Gasteiger partial charge >= 0.3 is 0 Å². The second kappa shape index (κ2) is 4.91. The fraction of sp³-hybridized carbons (Fsp3) is 0.231. The Balaban J connectivity index is 2.21. The first-order valence-electron chi connectivity index (χ1n) is 5.63. The minimum Gasteiger partial charge on any atom is -0.378 e. The van der Waals surface area contributed by atoms with Crippen molar-refractivity contribution >= 4 is 23.6 Å². The molecule has 1 aromatic rings. The summed E-state index contributed by atoms with van der Waals surface area (Å²) in [6.45, 7) is 0.0374. The topological polar surface area (TPSA) is 61.4 Å². The standard InChI is InChI=1S/C13H15N3O2/c1-16(2)10-5-3-9(4-6-10)7-11-13(18)14-8-12(17)15-11/h3-7H,8H2,1-2H3,(H,14,18)(H,15,17)/b11-7+. The first-order chi connectivity index (χ1) is 8.56. The number of anilines is 1. The number of benzene rings is 1. The van der Waals surface area contributed by atoms with Crippen LogP contribution in [0, 0.1) is 0 Å². The number of amides is 2. The maximum absolute atomic E-state index is 11.5. The van der Waals surface area contributed by atoms with Crippen LogP contribution in [-0.2, 0) is 9.59 Å². The Kier molecular flexibility index (Phi) is 3.32. The van der Waals surface area contributed by atoms with Crippen LogP contribution in [0.4, 0.5) is 5.69 Å². The van der Waals surface area contributed by atoms with Crippen LogP contribution in [0.2, 0.25) is 0 Å². The van der Waals surface area contributed by atoms with Crippen molar-refractivity contribution in [1.82, 2.24) is 10.6 Å². The number of piperazine rings is 1. The summed E-state index contributed by atoms with van der Waals surface area (Å²) in [5.74, 6) is -0.461. The van der Waals surface area contributed by atoms with Gasteiger partial charge in [-0.2, -0.15) is 0 Å². The maximum Gasteiger partial charge on any atom is 0.268 e. The van der Waals surface area contributed by atoms with Gasteiger partial charge < -0.3 is 15.5 Å². The summed E-state index contributed by atoms with van der Waals surface area (Å²) < 4.78 is 0. The van der Waals surface area contributed by atoms with Gasteiger partial charge in [0.1, 0.15) is 5.70 Å². The van der Waals surface area contributed by atoms with E-state index < -0.39 is 0 Å². The number of carbonyl (C=O) groups is 2. The fourth-order valence-corrected chi connectivity index (χ4v) is 1.64. The second-order valence-corrected chi connectivity index (χ2v) is 4.27. The number of nitrogens with one attached hydrogen (secondary N) is 2. The van der Waals surface area contributed by atoms with Gasteiger partial charge in [-0.25, -0.2) is 0 Å². The average molecular weight is 245 g/mol. The summed E-state index contributed by atoms with van der Waals surface area (Å²) >= 11 is 0. The SMILES string of the molecule is CN(C)c1ccc(/C=C2/NC(=O)CNC2=O)cc1. The molecule has 5 heteroatoms. The van der Waals surface area contributed by atoms with Crippen LogP contribution in [-0.4, -0.2) is 32.5 Å². The Hall–Kier alpha value is -2.30. The zero-order valence-corrected chi connectivity index (χ0v) is 10.4. The van der Waals surface area contributed by atoms with Crippen LogP contribution in [0.1, 0.15) is 5.56 Å². The molecule has 0 unspecified atom stereocenters. The Labute approximate surface area is 105 Å². The largest absolute Gasteiger partial charge is 0.378 e. The zero-order valence-electron chi connectivity index (χ0n) is 10.4. The first-order valence-corrected chi connectivity index (χ1v) is 5.63. The molecule has 0 aromatic heterocycles. The Morgan fingerprint density at radius 1 is 1.17 bits per heavy atom. The highest BCUT2D eigenvalue weighted by Crippen LogP contribution is 2.14. The molecule has 0 atom stereocenters. The van der Waals surface area contributed by atoms with Crippen LogP contribution < -0.4 is 15.5 Å². The van der Waals surface area contributed by atoms with E-state index in [0.717, 1.165) is 11.3 Å². The van der Waals surface area contributed by atoms with Gasteiger partial charge in [0.15, 0.2) is 0 Å². The lowest BCUT2D eigenvalue weighted by molar-refractivity contribution is -0.127. The van der Waals surface area contributed by atoms with Gasteiger partial charge in [0.25, 0.3) is 5.91 Å². The van der Waals surface area contributed by atoms with E-state index >= 15 is 0 Å². The molecule has 1 aliphatic rings. The molecule has 5 nitrogen and oxygen atoms in total. The van der Waals surface area contributed by atoms with E-state index in [1.165, 1.54) is 0 Å². The van der Waals surface area contributed by atoms with E-state index in [0.29, 0.717) is 0 Å². The zero-order chi connectivity index (χ0) is 13.1. The molecular formula is C13H15N3O2. The summed E-state index contributed by atoms with van der Waals surface area (Å²) in [6, 6.07) is 7.71. The molecule has 0 aliphatic carbocycles. The van der Waals surface area contributed by atoms with Crippen LogP contribution in [0.5, 0.6) is 0 Å². The van der Waals surface area contributed by atoms with Crippen molar-refractivity contribution in [1.29, 1.82) is 0 Å². The number of hydrogen-bond donors (Lipinski definition) is 2. The van der Waals surface area contributed by atoms with Crippen molar-refractivity contribution in [3.05, 3.63) is 35.5 Å². The highest BCUT2D eigenvalue weighted by atomic mass is 16.2. The van der Waals surface area contributed by atoms with E-state index in [1.807, 2.05) is 43.3 Å². The lowest BCUT2D eigenvalue weighted by atomic mass is 10.1. The second-order valence-electron chi connectivity index (χ2n) is 4.27. The van der Waals surface area contributed by atoms with Crippen LogP contribution in [0.25, 0.3) is 6.08 Å². The van der Waals surface area contributed by atoms with E-state index in [9.17, 15) is 9.59 Å². The molecule has 0 radical (unpaired) electrons. The third-order valence-corrected chi connectivity index (χ3v) is 2.65. The normalized spacial score (nSPS) is 17.3. The maximum atomic E-state index is 11.5. The van der Waals surface area contributed by atoms with Gasteiger partial charge in [-0.15, -0.1) is 0 Å². The lowest BCUT2D eigenvalue weighted by Crippen LogP contribution is -2.46. The highest BCUT2D eigenvalue weighted by molar-refractivity contribution is 6.05. The Morgan fingerprint density at radius 2 is 1.83 bits per heavy atom. The van der Waals surface area contributed by atoms with Crippen LogP contribution in [0.15, 0.2) is 30.0 Å². The molecular weight excluding hydrogens is 230 g/mol. The summed E-state index contributed by atoms with van der Waals surface area (Å²) in [5, 5.41) is 5.06. The number of hydrogen-bond acceptors (Lipinski definition) is 3. The molecule has 2 amide bonds. The molecule has 18 heavy (non-hydrogen) atoms. The molecule has 1 fully saturated rings. The van der Waals surface area contributed by atoms with Crippen LogP contribution >= 0.6 is 0 Å². The van der Waals surface area contributed by atoms with E-state index in [4.69, 9.17) is 0 Å². The minimum absolute atomic E-state index is 0.0374. The van der Waals surface area contributed by atoms with Crippen molar-refractivity contribution < 1.29 is 9.59 Å². The average Bonchev–Trinajstić information content (AvgIpc) is 2.34. The summed E-state index contributed by atoms with van der Waals surface area (Å²) in [5.41, 5.74) is 2.23.